The Bertz CT molecular complexity index is 1160. The third kappa shape index (κ3) is 7.69. The monoisotopic (exact) mass is 547 g/mol. The molecule has 4 N–H and O–H groups in total. The van der Waals surface area contributed by atoms with Gasteiger partial charge in [-0.15, -0.1) is 0 Å². The van der Waals surface area contributed by atoms with E-state index < -0.39 is 28.2 Å². The zero-order valence-electron chi connectivity index (χ0n) is 22.7. The van der Waals surface area contributed by atoms with Crippen LogP contribution >= 0.6 is 0 Å². The number of sulfonamides is 1. The Hall–Kier alpha value is -2.66. The van der Waals surface area contributed by atoms with Crippen molar-refractivity contribution in [3.8, 4) is 11.5 Å². The molecular formula is C28H41N3O6S. The van der Waals surface area contributed by atoms with Crippen molar-refractivity contribution in [2.75, 3.05) is 19.9 Å². The molecule has 0 saturated carbocycles. The van der Waals surface area contributed by atoms with E-state index in [-0.39, 0.29) is 42.5 Å². The molecule has 0 spiro atoms. The fraction of sp³-hybridized carbons (Fsp3) is 0.536. The van der Waals surface area contributed by atoms with E-state index in [0.29, 0.717) is 24.3 Å². The van der Waals surface area contributed by atoms with Gasteiger partial charge in [-0.25, -0.2) is 8.42 Å². The van der Waals surface area contributed by atoms with Crippen molar-refractivity contribution in [2.45, 2.75) is 70.0 Å². The lowest BCUT2D eigenvalue weighted by atomic mass is 9.97. The molecule has 0 aliphatic carbocycles. The second kappa shape index (κ2) is 13.4. The van der Waals surface area contributed by atoms with E-state index in [0.717, 1.165) is 12.0 Å². The number of nitrogens with two attached hydrogens (primary N) is 1. The second-order valence-corrected chi connectivity index (χ2v) is 12.3. The van der Waals surface area contributed by atoms with Gasteiger partial charge in [0.15, 0.2) is 11.5 Å². The van der Waals surface area contributed by atoms with E-state index in [9.17, 15) is 18.3 Å². The number of aliphatic hydroxyl groups is 1. The highest BCUT2D eigenvalue weighted by atomic mass is 32.2. The number of amides is 1. The standard InChI is InChI=1S/C28H41N3O6S/c1-5-20(4)27(29)28(33)30-23(13-11-21-9-7-6-8-10-21)24(32)17-31(16-19(2)3)38(34,35)22-12-14-25-26(15-22)37-18-36-25/h6-10,12,14-15,19-20,23-24,27,32H,5,11,13,16-18,29H2,1-4H3,(H,30,33)/t20?,23-,24+,27-/m0/s1. The molecule has 38 heavy (non-hydrogen) atoms. The van der Waals surface area contributed by atoms with Gasteiger partial charge in [-0.05, 0) is 42.4 Å². The lowest BCUT2D eigenvalue weighted by molar-refractivity contribution is -0.125. The summed E-state index contributed by atoms with van der Waals surface area (Å²) in [7, 11) is -3.98. The Kier molecular flexibility index (Phi) is 10.6. The van der Waals surface area contributed by atoms with Crippen molar-refractivity contribution in [1.29, 1.82) is 0 Å². The van der Waals surface area contributed by atoms with Gasteiger partial charge in [0, 0.05) is 19.2 Å². The van der Waals surface area contributed by atoms with Crippen LogP contribution in [0, 0.1) is 11.8 Å². The number of fused-ring (bicyclic) bond motifs is 1. The summed E-state index contributed by atoms with van der Waals surface area (Å²) in [5.74, 6) is 0.460. The van der Waals surface area contributed by atoms with E-state index in [4.69, 9.17) is 15.2 Å². The predicted octanol–water partition coefficient (Wildman–Crippen LogP) is 2.91. The predicted molar refractivity (Wildman–Crippen MR) is 146 cm³/mol. The molecule has 9 nitrogen and oxygen atoms in total. The van der Waals surface area contributed by atoms with Gasteiger partial charge >= 0.3 is 0 Å². The van der Waals surface area contributed by atoms with Gasteiger partial charge in [0.25, 0.3) is 0 Å². The zero-order valence-corrected chi connectivity index (χ0v) is 23.5. The lowest BCUT2D eigenvalue weighted by Crippen LogP contribution is -2.54. The zero-order chi connectivity index (χ0) is 27.9. The minimum absolute atomic E-state index is 0.00201. The number of ether oxygens (including phenoxy) is 2. The smallest absolute Gasteiger partial charge is 0.243 e. The van der Waals surface area contributed by atoms with E-state index in [1.54, 1.807) is 6.07 Å². The fourth-order valence-corrected chi connectivity index (χ4v) is 5.96. The number of carbonyl (C=O) groups is 1. The summed E-state index contributed by atoms with van der Waals surface area (Å²) in [6, 6.07) is 12.8. The van der Waals surface area contributed by atoms with Crippen molar-refractivity contribution in [1.82, 2.24) is 9.62 Å². The maximum atomic E-state index is 13.7. The highest BCUT2D eigenvalue weighted by Crippen LogP contribution is 2.35. The van der Waals surface area contributed by atoms with Crippen LogP contribution in [0.3, 0.4) is 0 Å². The van der Waals surface area contributed by atoms with Crippen LogP contribution in [0.15, 0.2) is 53.4 Å². The number of nitrogens with one attached hydrogen (secondary N) is 1. The second-order valence-electron chi connectivity index (χ2n) is 10.3. The summed E-state index contributed by atoms with van der Waals surface area (Å²) >= 11 is 0. The molecule has 0 radical (unpaired) electrons. The minimum atomic E-state index is -3.98. The molecule has 1 aliphatic heterocycles. The molecule has 3 rings (SSSR count). The average molecular weight is 548 g/mol. The maximum Gasteiger partial charge on any atom is 0.243 e. The first-order valence-electron chi connectivity index (χ1n) is 13.2. The van der Waals surface area contributed by atoms with Gasteiger partial charge in [0.2, 0.25) is 22.7 Å². The molecule has 0 aromatic heterocycles. The number of nitrogens with zero attached hydrogens (tertiary/aromatic N) is 1. The number of rotatable bonds is 14. The SMILES string of the molecule is CCC(C)[C@H](N)C(=O)N[C@@H](CCc1ccccc1)[C@H](O)CN(CC(C)C)S(=O)(=O)c1ccc2c(c1)OCO2. The lowest BCUT2D eigenvalue weighted by Gasteiger charge is -2.31. The Morgan fingerprint density at radius 1 is 1.08 bits per heavy atom. The van der Waals surface area contributed by atoms with E-state index in [1.807, 2.05) is 58.0 Å². The molecular weight excluding hydrogens is 506 g/mol. The number of benzene rings is 2. The van der Waals surface area contributed by atoms with Crippen molar-refractivity contribution in [3.05, 3.63) is 54.1 Å². The maximum absolute atomic E-state index is 13.7. The highest BCUT2D eigenvalue weighted by Gasteiger charge is 2.33. The number of aliphatic hydroxyl groups excluding tert-OH is 1. The molecule has 1 unspecified atom stereocenters. The molecule has 0 bridgehead atoms. The molecule has 0 fully saturated rings. The Labute approximate surface area is 226 Å². The number of aryl methyl sites for hydroxylation is 1. The van der Waals surface area contributed by atoms with Crippen LogP contribution in [-0.4, -0.2) is 61.8 Å². The molecule has 2 aromatic rings. The molecule has 210 valence electrons. The molecule has 4 atom stereocenters. The fourth-order valence-electron chi connectivity index (χ4n) is 4.32. The first-order chi connectivity index (χ1) is 18.0. The normalized spacial score (nSPS) is 16.3. The Morgan fingerprint density at radius 2 is 1.76 bits per heavy atom. The third-order valence-electron chi connectivity index (χ3n) is 6.88. The van der Waals surface area contributed by atoms with Gasteiger partial charge in [-0.3, -0.25) is 4.79 Å². The summed E-state index contributed by atoms with van der Waals surface area (Å²) < 4.78 is 39.3. The molecule has 1 aliphatic rings. The summed E-state index contributed by atoms with van der Waals surface area (Å²) in [6.45, 7) is 7.73. The quantitative estimate of drug-likeness (QED) is 0.331. The van der Waals surface area contributed by atoms with Crippen molar-refractivity contribution >= 4 is 15.9 Å². The van der Waals surface area contributed by atoms with E-state index in [2.05, 4.69) is 5.32 Å². The number of hydrogen-bond acceptors (Lipinski definition) is 7. The first kappa shape index (κ1) is 29.9. The Morgan fingerprint density at radius 3 is 2.42 bits per heavy atom. The van der Waals surface area contributed by atoms with Crippen LogP contribution in [0.5, 0.6) is 11.5 Å². The van der Waals surface area contributed by atoms with Gasteiger partial charge in [0.05, 0.1) is 23.1 Å². The van der Waals surface area contributed by atoms with Crippen LogP contribution < -0.4 is 20.5 Å². The highest BCUT2D eigenvalue weighted by molar-refractivity contribution is 7.89. The summed E-state index contributed by atoms with van der Waals surface area (Å²) in [4.78, 5) is 13.0. The summed E-state index contributed by atoms with van der Waals surface area (Å²) in [5.41, 5.74) is 7.21. The van der Waals surface area contributed by atoms with Crippen LogP contribution in [0.1, 0.15) is 46.1 Å². The van der Waals surface area contributed by atoms with E-state index >= 15 is 0 Å². The third-order valence-corrected chi connectivity index (χ3v) is 8.71. The van der Waals surface area contributed by atoms with E-state index in [1.165, 1.54) is 16.4 Å². The molecule has 0 saturated heterocycles. The first-order valence-corrected chi connectivity index (χ1v) is 14.6. The van der Waals surface area contributed by atoms with Crippen molar-refractivity contribution in [3.63, 3.8) is 0 Å². The topological polar surface area (TPSA) is 131 Å². The van der Waals surface area contributed by atoms with Crippen LogP contribution in [0.2, 0.25) is 0 Å². The average Bonchev–Trinajstić information content (AvgIpc) is 3.38. The van der Waals surface area contributed by atoms with Gasteiger partial charge in [-0.2, -0.15) is 4.31 Å². The van der Waals surface area contributed by atoms with Gasteiger partial charge < -0.3 is 25.6 Å². The Balaban J connectivity index is 1.83. The van der Waals surface area contributed by atoms with Crippen molar-refractivity contribution in [2.24, 2.45) is 17.6 Å². The largest absolute Gasteiger partial charge is 0.454 e. The summed E-state index contributed by atoms with van der Waals surface area (Å²) in [6.07, 6.45) is 0.598. The van der Waals surface area contributed by atoms with Crippen LogP contribution in [0.4, 0.5) is 0 Å². The molecule has 1 amide bonds. The van der Waals surface area contributed by atoms with Crippen LogP contribution in [-0.2, 0) is 21.2 Å². The molecule has 2 aromatic carbocycles. The van der Waals surface area contributed by atoms with Gasteiger partial charge in [-0.1, -0.05) is 64.4 Å². The van der Waals surface area contributed by atoms with Crippen molar-refractivity contribution < 1.29 is 27.8 Å². The minimum Gasteiger partial charge on any atom is -0.454 e. The van der Waals surface area contributed by atoms with Crippen LogP contribution in [0.25, 0.3) is 0 Å². The molecule has 1 heterocycles. The molecule has 10 heteroatoms. The number of hydrogen-bond donors (Lipinski definition) is 3. The number of carbonyl (C=O) groups excluding carboxylic acids is 1. The van der Waals surface area contributed by atoms with Gasteiger partial charge in [0.1, 0.15) is 0 Å². The summed E-state index contributed by atoms with van der Waals surface area (Å²) in [5, 5.41) is 14.3.